The standard InChI is InChI=1S/C14H21ClO2/c1-13(2)9-5-4-6-14(13,3)12-11(17-12)8(9)7-10(15)16/h8-9,11-12H,4-7H2,1-3H3/t8?,9?,11?,12?,14-/m0/s1. The van der Waals surface area contributed by atoms with Gasteiger partial charge in [0.15, 0.2) is 0 Å². The molecule has 3 aliphatic rings. The molecule has 2 saturated carbocycles. The fourth-order valence-electron chi connectivity index (χ4n) is 4.69. The molecule has 1 heterocycles. The predicted octanol–water partition coefficient (Wildman–Crippen LogP) is 3.37. The average molecular weight is 257 g/mol. The zero-order valence-electron chi connectivity index (χ0n) is 10.8. The summed E-state index contributed by atoms with van der Waals surface area (Å²) in [5, 5.41) is -0.200. The lowest BCUT2D eigenvalue weighted by Crippen LogP contribution is -2.55. The van der Waals surface area contributed by atoms with E-state index in [0.29, 0.717) is 35.9 Å². The molecule has 0 N–H and O–H groups in total. The molecule has 1 aliphatic heterocycles. The Labute approximate surface area is 108 Å². The lowest BCUT2D eigenvalue weighted by Gasteiger charge is -2.57. The first-order valence-corrected chi connectivity index (χ1v) is 7.09. The van der Waals surface area contributed by atoms with Crippen LogP contribution in [-0.2, 0) is 9.53 Å². The highest BCUT2D eigenvalue weighted by molar-refractivity contribution is 6.63. The van der Waals surface area contributed by atoms with Crippen molar-refractivity contribution < 1.29 is 9.53 Å². The van der Waals surface area contributed by atoms with Crippen molar-refractivity contribution in [1.29, 1.82) is 0 Å². The summed E-state index contributed by atoms with van der Waals surface area (Å²) in [4.78, 5) is 11.2. The first kappa shape index (κ1) is 12.0. The van der Waals surface area contributed by atoms with Crippen LogP contribution in [0.4, 0.5) is 0 Å². The number of hydrogen-bond acceptors (Lipinski definition) is 2. The van der Waals surface area contributed by atoms with E-state index in [4.69, 9.17) is 16.3 Å². The van der Waals surface area contributed by atoms with E-state index in [-0.39, 0.29) is 10.7 Å². The van der Waals surface area contributed by atoms with Crippen LogP contribution >= 0.6 is 11.6 Å². The number of hydrogen-bond donors (Lipinski definition) is 0. The van der Waals surface area contributed by atoms with Crippen LogP contribution in [0.25, 0.3) is 0 Å². The Bertz CT molecular complexity index is 365. The van der Waals surface area contributed by atoms with Gasteiger partial charge in [0.2, 0.25) is 5.24 Å². The van der Waals surface area contributed by atoms with Gasteiger partial charge in [-0.25, -0.2) is 0 Å². The summed E-state index contributed by atoms with van der Waals surface area (Å²) in [6, 6.07) is 0. The monoisotopic (exact) mass is 256 g/mol. The molecular weight excluding hydrogens is 236 g/mol. The van der Waals surface area contributed by atoms with Crippen molar-refractivity contribution in [3.05, 3.63) is 0 Å². The highest BCUT2D eigenvalue weighted by Crippen LogP contribution is 2.68. The molecule has 17 heavy (non-hydrogen) atoms. The van der Waals surface area contributed by atoms with Gasteiger partial charge >= 0.3 is 0 Å². The van der Waals surface area contributed by atoms with Crippen LogP contribution in [-0.4, -0.2) is 17.5 Å². The van der Waals surface area contributed by atoms with Crippen LogP contribution < -0.4 is 0 Å². The Kier molecular flexibility index (Phi) is 2.45. The Balaban J connectivity index is 1.95. The summed E-state index contributed by atoms with van der Waals surface area (Å²) in [5.74, 6) is 0.945. The van der Waals surface area contributed by atoms with Gasteiger partial charge in [0.05, 0.1) is 12.2 Å². The van der Waals surface area contributed by atoms with Crippen molar-refractivity contribution in [3.63, 3.8) is 0 Å². The maximum absolute atomic E-state index is 11.2. The minimum absolute atomic E-state index is 0.200. The zero-order valence-corrected chi connectivity index (χ0v) is 11.6. The van der Waals surface area contributed by atoms with Crippen LogP contribution in [0.5, 0.6) is 0 Å². The van der Waals surface area contributed by atoms with Crippen molar-refractivity contribution in [1.82, 2.24) is 0 Å². The van der Waals surface area contributed by atoms with Gasteiger partial charge in [-0.2, -0.15) is 0 Å². The summed E-state index contributed by atoms with van der Waals surface area (Å²) < 4.78 is 5.93. The molecule has 96 valence electrons. The van der Waals surface area contributed by atoms with Crippen LogP contribution in [0.3, 0.4) is 0 Å². The smallest absolute Gasteiger partial charge is 0.222 e. The molecule has 3 rings (SSSR count). The molecule has 0 amide bonds. The van der Waals surface area contributed by atoms with Crippen molar-refractivity contribution >= 4 is 16.8 Å². The van der Waals surface area contributed by atoms with E-state index < -0.39 is 0 Å². The average Bonchev–Trinajstić information content (AvgIpc) is 2.97. The van der Waals surface area contributed by atoms with Crippen LogP contribution in [0.1, 0.15) is 46.5 Å². The summed E-state index contributed by atoms with van der Waals surface area (Å²) in [6.45, 7) is 7.10. The number of carbonyl (C=O) groups is 1. The number of halogens is 1. The van der Waals surface area contributed by atoms with Gasteiger partial charge in [-0.3, -0.25) is 4.79 Å². The van der Waals surface area contributed by atoms with Crippen LogP contribution in [0.15, 0.2) is 0 Å². The quantitative estimate of drug-likeness (QED) is 0.560. The van der Waals surface area contributed by atoms with Gasteiger partial charge in [-0.15, -0.1) is 0 Å². The third kappa shape index (κ3) is 1.46. The first-order valence-electron chi connectivity index (χ1n) is 6.72. The second-order valence-electron chi connectivity index (χ2n) is 6.88. The molecule has 2 nitrogen and oxygen atoms in total. The highest BCUT2D eigenvalue weighted by atomic mass is 35.5. The fourth-order valence-corrected chi connectivity index (χ4v) is 4.87. The molecule has 0 spiro atoms. The Morgan fingerprint density at radius 2 is 2.12 bits per heavy atom. The summed E-state index contributed by atoms with van der Waals surface area (Å²) in [6.07, 6.45) is 4.93. The minimum atomic E-state index is -0.200. The second-order valence-corrected chi connectivity index (χ2v) is 7.30. The Hall–Kier alpha value is -0.0800. The Morgan fingerprint density at radius 1 is 1.41 bits per heavy atom. The molecule has 1 saturated heterocycles. The van der Waals surface area contributed by atoms with E-state index in [9.17, 15) is 4.79 Å². The molecule has 0 aromatic rings. The number of epoxide rings is 1. The van der Waals surface area contributed by atoms with Gasteiger partial charge in [0.1, 0.15) is 0 Å². The normalized spacial score (nSPS) is 50.6. The maximum atomic E-state index is 11.2. The molecule has 0 aromatic carbocycles. The van der Waals surface area contributed by atoms with Crippen molar-refractivity contribution in [2.75, 3.05) is 0 Å². The summed E-state index contributed by atoms with van der Waals surface area (Å²) in [5.41, 5.74) is 0.562. The van der Waals surface area contributed by atoms with Crippen LogP contribution in [0.2, 0.25) is 0 Å². The summed E-state index contributed by atoms with van der Waals surface area (Å²) in [7, 11) is 0. The van der Waals surface area contributed by atoms with Gasteiger partial charge in [-0.05, 0) is 41.7 Å². The van der Waals surface area contributed by atoms with Gasteiger partial charge in [0, 0.05) is 11.8 Å². The minimum Gasteiger partial charge on any atom is -0.369 e. The number of fused-ring (bicyclic) bond motifs is 4. The molecule has 5 atom stereocenters. The van der Waals surface area contributed by atoms with E-state index in [1.807, 2.05) is 0 Å². The highest BCUT2D eigenvalue weighted by Gasteiger charge is 2.69. The predicted molar refractivity (Wildman–Crippen MR) is 66.9 cm³/mol. The second kappa shape index (κ2) is 3.48. The molecule has 3 fully saturated rings. The lowest BCUT2D eigenvalue weighted by atomic mass is 9.46. The maximum Gasteiger partial charge on any atom is 0.222 e. The van der Waals surface area contributed by atoms with E-state index in [2.05, 4.69) is 20.8 Å². The Morgan fingerprint density at radius 3 is 2.76 bits per heavy atom. The fraction of sp³-hybridized carbons (Fsp3) is 0.929. The van der Waals surface area contributed by atoms with Gasteiger partial charge in [-0.1, -0.05) is 27.2 Å². The largest absolute Gasteiger partial charge is 0.369 e. The number of rotatable bonds is 2. The van der Waals surface area contributed by atoms with Crippen molar-refractivity contribution in [2.45, 2.75) is 58.7 Å². The lowest BCUT2D eigenvalue weighted by molar-refractivity contribution is -0.117. The molecular formula is C14H21ClO2. The third-order valence-corrected chi connectivity index (χ3v) is 6.25. The van der Waals surface area contributed by atoms with Crippen molar-refractivity contribution in [2.24, 2.45) is 22.7 Å². The van der Waals surface area contributed by atoms with E-state index >= 15 is 0 Å². The van der Waals surface area contributed by atoms with E-state index in [0.717, 1.165) is 0 Å². The third-order valence-electron chi connectivity index (χ3n) is 6.10. The van der Waals surface area contributed by atoms with Gasteiger partial charge in [0.25, 0.3) is 0 Å². The number of carbonyl (C=O) groups excluding carboxylic acids is 1. The van der Waals surface area contributed by atoms with Gasteiger partial charge < -0.3 is 4.74 Å². The molecule has 4 unspecified atom stereocenters. The topological polar surface area (TPSA) is 29.6 Å². The van der Waals surface area contributed by atoms with Crippen LogP contribution in [0, 0.1) is 22.7 Å². The molecule has 3 heteroatoms. The van der Waals surface area contributed by atoms with E-state index in [1.165, 1.54) is 19.3 Å². The van der Waals surface area contributed by atoms with Crippen molar-refractivity contribution in [3.8, 4) is 0 Å². The SMILES string of the molecule is CC1(C)C2CCC[C@@]1(C)C1OC1C2CC(=O)Cl. The number of ether oxygens (including phenoxy) is 1. The van der Waals surface area contributed by atoms with E-state index in [1.54, 1.807) is 0 Å². The first-order chi connectivity index (χ1) is 7.88. The zero-order chi connectivity index (χ0) is 12.4. The molecule has 2 bridgehead atoms. The molecule has 0 aromatic heterocycles. The molecule has 0 radical (unpaired) electrons. The molecule has 2 aliphatic carbocycles. The summed E-state index contributed by atoms with van der Waals surface area (Å²) >= 11 is 5.60.